The second-order valence-electron chi connectivity index (χ2n) is 6.09. The Morgan fingerprint density at radius 1 is 1.42 bits per heavy atom. The maximum Gasteiger partial charge on any atom is 0.310 e. The van der Waals surface area contributed by atoms with Gasteiger partial charge in [-0.2, -0.15) is 0 Å². The number of hydrogen-bond acceptors (Lipinski definition) is 4. The third-order valence-corrected chi connectivity index (χ3v) is 4.73. The lowest BCUT2D eigenvalue weighted by Crippen LogP contribution is -2.77. The monoisotopic (exact) mass is 270 g/mol. The van der Waals surface area contributed by atoms with Crippen molar-refractivity contribution in [1.29, 1.82) is 0 Å². The molecule has 0 radical (unpaired) electrons. The molecule has 6 heteroatoms. The average Bonchev–Trinajstić information content (AvgIpc) is 2.25. The number of carbonyl (C=O) groups is 2. The van der Waals surface area contributed by atoms with E-state index in [9.17, 15) is 9.59 Å². The number of ether oxygens (including phenoxy) is 1. The van der Waals surface area contributed by atoms with E-state index in [1.165, 1.54) is 0 Å². The molecule has 1 aliphatic heterocycles. The summed E-state index contributed by atoms with van der Waals surface area (Å²) in [5.74, 6) is -1.44. The van der Waals surface area contributed by atoms with Crippen molar-refractivity contribution in [3.8, 4) is 0 Å². The zero-order chi connectivity index (χ0) is 14.4. The van der Waals surface area contributed by atoms with E-state index in [1.807, 2.05) is 20.8 Å². The summed E-state index contributed by atoms with van der Waals surface area (Å²) in [5.41, 5.74) is 4.90. The van der Waals surface area contributed by atoms with Crippen LogP contribution in [0.25, 0.3) is 0 Å². The standard InChI is InChI=1S/C13H22N2O4/c1-4-19-9-5-13(14,12(9,2)3)11(18)15-6-8(7-15)10(16)17/h8-9H,4-7,14H2,1-3H3,(H,16,17). The summed E-state index contributed by atoms with van der Waals surface area (Å²) < 4.78 is 5.58. The van der Waals surface area contributed by atoms with Gasteiger partial charge >= 0.3 is 5.97 Å². The predicted molar refractivity (Wildman–Crippen MR) is 68.4 cm³/mol. The molecule has 1 heterocycles. The highest BCUT2D eigenvalue weighted by Gasteiger charge is 2.64. The van der Waals surface area contributed by atoms with Gasteiger partial charge in [0.1, 0.15) is 5.54 Å². The van der Waals surface area contributed by atoms with Gasteiger partial charge in [0, 0.05) is 31.5 Å². The largest absolute Gasteiger partial charge is 0.481 e. The Kier molecular flexibility index (Phi) is 3.35. The van der Waals surface area contributed by atoms with Crippen LogP contribution in [0.2, 0.25) is 0 Å². The maximum atomic E-state index is 12.4. The van der Waals surface area contributed by atoms with Gasteiger partial charge in [-0.15, -0.1) is 0 Å². The van der Waals surface area contributed by atoms with E-state index < -0.39 is 22.8 Å². The van der Waals surface area contributed by atoms with Crippen LogP contribution >= 0.6 is 0 Å². The van der Waals surface area contributed by atoms with Crippen molar-refractivity contribution < 1.29 is 19.4 Å². The minimum Gasteiger partial charge on any atom is -0.481 e. The molecule has 19 heavy (non-hydrogen) atoms. The SMILES string of the molecule is CCOC1CC(N)(C(=O)N2CC(C(=O)O)C2)C1(C)C. The van der Waals surface area contributed by atoms with Crippen molar-refractivity contribution in [2.45, 2.75) is 38.8 Å². The highest BCUT2D eigenvalue weighted by atomic mass is 16.5. The summed E-state index contributed by atoms with van der Waals surface area (Å²) >= 11 is 0. The lowest BCUT2D eigenvalue weighted by atomic mass is 9.54. The Morgan fingerprint density at radius 2 is 2.00 bits per heavy atom. The van der Waals surface area contributed by atoms with Gasteiger partial charge in [-0.25, -0.2) is 0 Å². The lowest BCUT2D eigenvalue weighted by molar-refractivity contribution is -0.185. The van der Waals surface area contributed by atoms with Crippen LogP contribution < -0.4 is 5.73 Å². The van der Waals surface area contributed by atoms with Gasteiger partial charge < -0.3 is 20.5 Å². The van der Waals surface area contributed by atoms with E-state index in [2.05, 4.69) is 0 Å². The zero-order valence-corrected chi connectivity index (χ0v) is 11.7. The smallest absolute Gasteiger partial charge is 0.310 e. The molecule has 0 aromatic rings. The molecule has 2 fully saturated rings. The van der Waals surface area contributed by atoms with Gasteiger partial charge in [0.25, 0.3) is 0 Å². The zero-order valence-electron chi connectivity index (χ0n) is 11.7. The number of carboxylic acids is 1. The lowest BCUT2D eigenvalue weighted by Gasteiger charge is -2.59. The molecule has 2 rings (SSSR count). The third kappa shape index (κ3) is 1.94. The minimum absolute atomic E-state index is 0.0111. The van der Waals surface area contributed by atoms with E-state index in [0.717, 1.165) is 0 Å². The number of carboxylic acid groups (broad SMARTS) is 1. The summed E-state index contributed by atoms with van der Waals surface area (Å²) in [6.07, 6.45) is 0.490. The Balaban J connectivity index is 1.99. The van der Waals surface area contributed by atoms with E-state index in [-0.39, 0.29) is 25.1 Å². The molecule has 0 aromatic heterocycles. The molecule has 2 unspecified atom stereocenters. The number of nitrogens with zero attached hydrogens (tertiary/aromatic N) is 1. The summed E-state index contributed by atoms with van der Waals surface area (Å²) in [6, 6.07) is 0. The maximum absolute atomic E-state index is 12.4. The minimum atomic E-state index is -0.934. The second kappa shape index (κ2) is 4.45. The molecule has 2 aliphatic rings. The molecule has 0 spiro atoms. The summed E-state index contributed by atoms with van der Waals surface area (Å²) in [6.45, 7) is 6.92. The first-order valence-corrected chi connectivity index (χ1v) is 6.66. The summed E-state index contributed by atoms with van der Waals surface area (Å²) in [7, 11) is 0. The molecule has 1 saturated carbocycles. The molecule has 2 atom stereocenters. The molecular formula is C13H22N2O4. The fraction of sp³-hybridized carbons (Fsp3) is 0.846. The van der Waals surface area contributed by atoms with Gasteiger partial charge in [-0.05, 0) is 6.92 Å². The number of nitrogens with two attached hydrogens (primary N) is 1. The van der Waals surface area contributed by atoms with Gasteiger partial charge in [0.05, 0.1) is 12.0 Å². The van der Waals surface area contributed by atoms with Crippen LogP contribution in [0.1, 0.15) is 27.2 Å². The van der Waals surface area contributed by atoms with Crippen molar-refractivity contribution >= 4 is 11.9 Å². The van der Waals surface area contributed by atoms with Crippen LogP contribution in [0.3, 0.4) is 0 Å². The number of amides is 1. The molecule has 1 saturated heterocycles. The molecule has 1 aliphatic carbocycles. The molecule has 0 bridgehead atoms. The fourth-order valence-corrected chi connectivity index (χ4v) is 2.88. The predicted octanol–water partition coefficient (Wildman–Crippen LogP) is 0.0619. The fourth-order valence-electron chi connectivity index (χ4n) is 2.88. The Morgan fingerprint density at radius 3 is 2.42 bits per heavy atom. The van der Waals surface area contributed by atoms with Crippen molar-refractivity contribution in [3.63, 3.8) is 0 Å². The molecule has 108 valence electrons. The quantitative estimate of drug-likeness (QED) is 0.753. The van der Waals surface area contributed by atoms with Gasteiger partial charge in [0.2, 0.25) is 5.91 Å². The van der Waals surface area contributed by atoms with Gasteiger partial charge in [-0.1, -0.05) is 13.8 Å². The molecule has 3 N–H and O–H groups in total. The van der Waals surface area contributed by atoms with Crippen LogP contribution in [0.15, 0.2) is 0 Å². The van der Waals surface area contributed by atoms with Crippen LogP contribution in [-0.4, -0.2) is 53.2 Å². The summed E-state index contributed by atoms with van der Waals surface area (Å²) in [5, 5.41) is 8.83. The van der Waals surface area contributed by atoms with E-state index >= 15 is 0 Å². The van der Waals surface area contributed by atoms with E-state index in [0.29, 0.717) is 13.0 Å². The van der Waals surface area contributed by atoms with E-state index in [4.69, 9.17) is 15.6 Å². The van der Waals surface area contributed by atoms with Crippen LogP contribution in [0.5, 0.6) is 0 Å². The highest BCUT2D eigenvalue weighted by molar-refractivity contribution is 5.90. The van der Waals surface area contributed by atoms with Crippen LogP contribution in [-0.2, 0) is 14.3 Å². The molecule has 6 nitrogen and oxygen atoms in total. The van der Waals surface area contributed by atoms with Crippen molar-refractivity contribution in [2.75, 3.05) is 19.7 Å². The number of rotatable bonds is 4. The first kappa shape index (κ1) is 14.3. The number of likely N-dealkylation sites (tertiary alicyclic amines) is 1. The second-order valence-corrected chi connectivity index (χ2v) is 6.09. The first-order chi connectivity index (χ1) is 8.74. The summed E-state index contributed by atoms with van der Waals surface area (Å²) in [4.78, 5) is 24.7. The van der Waals surface area contributed by atoms with Crippen LogP contribution in [0, 0.1) is 11.3 Å². The number of hydrogen-bond donors (Lipinski definition) is 2. The topological polar surface area (TPSA) is 92.9 Å². The average molecular weight is 270 g/mol. The van der Waals surface area contributed by atoms with E-state index in [1.54, 1.807) is 4.90 Å². The Bertz CT molecular complexity index is 403. The molecule has 1 amide bonds. The normalized spacial score (nSPS) is 33.5. The van der Waals surface area contributed by atoms with Crippen molar-refractivity contribution in [3.05, 3.63) is 0 Å². The van der Waals surface area contributed by atoms with Crippen molar-refractivity contribution in [2.24, 2.45) is 17.1 Å². The first-order valence-electron chi connectivity index (χ1n) is 6.66. The van der Waals surface area contributed by atoms with Gasteiger partial charge in [0.15, 0.2) is 0 Å². The third-order valence-electron chi connectivity index (χ3n) is 4.73. The van der Waals surface area contributed by atoms with Crippen molar-refractivity contribution in [1.82, 2.24) is 4.90 Å². The number of aliphatic carboxylic acids is 1. The van der Waals surface area contributed by atoms with Gasteiger partial charge in [-0.3, -0.25) is 9.59 Å². The Hall–Kier alpha value is -1.14. The molecular weight excluding hydrogens is 248 g/mol. The van der Waals surface area contributed by atoms with Crippen LogP contribution in [0.4, 0.5) is 0 Å². The molecule has 0 aromatic carbocycles. The Labute approximate surface area is 112 Å². The highest BCUT2D eigenvalue weighted by Crippen LogP contribution is 2.51. The number of carbonyl (C=O) groups excluding carboxylic acids is 1.